The number of aromatic nitrogens is 4. The van der Waals surface area contributed by atoms with Crippen LogP contribution in [0.4, 0.5) is 5.13 Å². The average molecular weight is 582 g/mol. The van der Waals surface area contributed by atoms with Crippen LogP contribution in [0, 0.1) is 0 Å². The normalized spacial score (nSPS) is 12.8. The molecule has 3 aromatic heterocycles. The number of halogens is 1. The number of carbonyl (C=O) groups excluding carboxylic acids is 1. The molecule has 10 heteroatoms. The summed E-state index contributed by atoms with van der Waals surface area (Å²) in [5.41, 5.74) is 2.47. The second-order valence-corrected chi connectivity index (χ2v) is 11.0. The summed E-state index contributed by atoms with van der Waals surface area (Å²) in [5, 5.41) is 19.0. The van der Waals surface area contributed by atoms with Crippen molar-refractivity contribution in [1.82, 2.24) is 19.1 Å². The van der Waals surface area contributed by atoms with E-state index in [2.05, 4.69) is 15.3 Å². The van der Waals surface area contributed by atoms with E-state index in [1.807, 2.05) is 37.4 Å². The van der Waals surface area contributed by atoms with Gasteiger partial charge in [-0.15, -0.1) is 11.3 Å². The first-order chi connectivity index (χ1) is 19.8. The molecule has 6 aromatic rings. The van der Waals surface area contributed by atoms with Gasteiger partial charge in [-0.25, -0.2) is 9.97 Å². The number of imidazole rings is 1. The monoisotopic (exact) mass is 581 g/mol. The molecule has 3 heterocycles. The average Bonchev–Trinajstić information content (AvgIpc) is 3.66. The molecule has 0 aliphatic carbocycles. The van der Waals surface area contributed by atoms with Crippen molar-refractivity contribution in [1.29, 1.82) is 0 Å². The highest BCUT2D eigenvalue weighted by molar-refractivity contribution is 7.13. The minimum atomic E-state index is -1.63. The van der Waals surface area contributed by atoms with Crippen molar-refractivity contribution >= 4 is 44.9 Å². The highest BCUT2D eigenvalue weighted by Crippen LogP contribution is 2.39. The number of anilines is 1. The molecule has 3 aromatic carbocycles. The third-order valence-corrected chi connectivity index (χ3v) is 8.13. The van der Waals surface area contributed by atoms with Gasteiger partial charge in [-0.1, -0.05) is 41.9 Å². The number of carbonyl (C=O) groups is 1. The number of nitrogens with zero attached hydrogens (tertiary/aromatic N) is 4. The van der Waals surface area contributed by atoms with Gasteiger partial charge in [0, 0.05) is 47.7 Å². The zero-order valence-corrected chi connectivity index (χ0v) is 23.6. The molecule has 2 N–H and O–H groups in total. The first-order valence-electron chi connectivity index (χ1n) is 12.7. The van der Waals surface area contributed by atoms with Crippen LogP contribution in [0.1, 0.15) is 27.2 Å². The lowest BCUT2D eigenvalue weighted by Crippen LogP contribution is -2.31. The Morgan fingerprint density at radius 3 is 2.49 bits per heavy atom. The number of hydrogen-bond donors (Lipinski definition) is 2. The van der Waals surface area contributed by atoms with Gasteiger partial charge in [0.05, 0.1) is 23.7 Å². The van der Waals surface area contributed by atoms with Gasteiger partial charge in [-0.05, 0) is 58.7 Å². The molecule has 0 bridgehead atoms. The Bertz CT molecular complexity index is 1960. The molecule has 0 radical (unpaired) electrons. The fourth-order valence-electron chi connectivity index (χ4n) is 5.07. The zero-order chi connectivity index (χ0) is 28.7. The van der Waals surface area contributed by atoms with E-state index in [-0.39, 0.29) is 11.5 Å². The second kappa shape index (κ2) is 10.4. The molecule has 0 aliphatic rings. The maximum absolute atomic E-state index is 12.9. The largest absolute Gasteiger partial charge is 0.374 e. The van der Waals surface area contributed by atoms with E-state index >= 15 is 0 Å². The number of hydrogen-bond acceptors (Lipinski definition) is 6. The number of aryl methyl sites for hydroxylation is 2. The smallest absolute Gasteiger partial charge is 0.257 e. The van der Waals surface area contributed by atoms with Crippen LogP contribution in [0.5, 0.6) is 0 Å². The van der Waals surface area contributed by atoms with Crippen molar-refractivity contribution in [2.45, 2.75) is 5.60 Å². The minimum Gasteiger partial charge on any atom is -0.374 e. The highest BCUT2D eigenvalue weighted by Gasteiger charge is 2.37. The van der Waals surface area contributed by atoms with E-state index in [4.69, 9.17) is 11.6 Å². The number of rotatable bonds is 6. The lowest BCUT2D eigenvalue weighted by atomic mass is 9.82. The summed E-state index contributed by atoms with van der Waals surface area (Å²) in [4.78, 5) is 34.0. The van der Waals surface area contributed by atoms with Crippen LogP contribution in [-0.2, 0) is 19.7 Å². The fraction of sp³-hybridized carbons (Fsp3) is 0.0968. The van der Waals surface area contributed by atoms with Gasteiger partial charge in [0.2, 0.25) is 0 Å². The minimum absolute atomic E-state index is 0.159. The van der Waals surface area contributed by atoms with E-state index in [0.29, 0.717) is 43.6 Å². The number of pyridine rings is 1. The highest BCUT2D eigenvalue weighted by atomic mass is 35.5. The molecule has 1 amide bonds. The van der Waals surface area contributed by atoms with E-state index in [1.165, 1.54) is 11.3 Å². The van der Waals surface area contributed by atoms with Gasteiger partial charge in [0.25, 0.3) is 11.5 Å². The molecule has 0 aliphatic heterocycles. The first kappa shape index (κ1) is 26.6. The number of nitrogens with one attached hydrogen (secondary N) is 1. The number of fused-ring (bicyclic) bond motifs is 1. The number of amides is 1. The first-order valence-corrected chi connectivity index (χ1v) is 13.9. The van der Waals surface area contributed by atoms with Crippen LogP contribution in [-0.4, -0.2) is 30.1 Å². The lowest BCUT2D eigenvalue weighted by Gasteiger charge is -2.30. The van der Waals surface area contributed by atoms with Crippen LogP contribution < -0.4 is 10.9 Å². The predicted octanol–water partition coefficient (Wildman–Crippen LogP) is 5.59. The van der Waals surface area contributed by atoms with Crippen molar-refractivity contribution in [3.05, 3.63) is 135 Å². The third-order valence-electron chi connectivity index (χ3n) is 7.20. The van der Waals surface area contributed by atoms with Crippen LogP contribution in [0.3, 0.4) is 0 Å². The van der Waals surface area contributed by atoms with E-state index in [0.717, 1.165) is 10.9 Å². The Labute approximate surface area is 244 Å². The topological polar surface area (TPSA) is 102 Å². The molecule has 0 saturated heterocycles. The van der Waals surface area contributed by atoms with Crippen molar-refractivity contribution in [2.75, 3.05) is 5.32 Å². The van der Waals surface area contributed by atoms with Gasteiger partial charge in [0.15, 0.2) is 10.7 Å². The molecule has 1 atom stereocenters. The van der Waals surface area contributed by atoms with Crippen LogP contribution >= 0.6 is 22.9 Å². The van der Waals surface area contributed by atoms with Gasteiger partial charge in [-0.2, -0.15) is 0 Å². The summed E-state index contributed by atoms with van der Waals surface area (Å²) < 4.78 is 3.33. The molecular formula is C31H24ClN5O3S. The van der Waals surface area contributed by atoms with Crippen molar-refractivity contribution in [2.24, 2.45) is 14.1 Å². The summed E-state index contributed by atoms with van der Waals surface area (Å²) >= 11 is 7.63. The van der Waals surface area contributed by atoms with Gasteiger partial charge < -0.3 is 14.2 Å². The summed E-state index contributed by atoms with van der Waals surface area (Å²) in [7, 11) is 3.53. The molecule has 41 heavy (non-hydrogen) atoms. The summed E-state index contributed by atoms with van der Waals surface area (Å²) in [6, 6.07) is 21.2. The summed E-state index contributed by atoms with van der Waals surface area (Å²) in [6.45, 7) is 0. The Morgan fingerprint density at radius 2 is 1.80 bits per heavy atom. The Morgan fingerprint density at radius 1 is 1.02 bits per heavy atom. The Hall–Kier alpha value is -4.57. The van der Waals surface area contributed by atoms with E-state index in [1.54, 1.807) is 82.7 Å². The molecule has 1 unspecified atom stereocenters. The van der Waals surface area contributed by atoms with Crippen molar-refractivity contribution in [3.63, 3.8) is 0 Å². The standard InChI is InChI=1S/C31H24ClN5O3S/c1-36-18-33-17-27(36)31(40,21-8-6-19(7-9-21)29(39)35-30-34-12-13-41-30)22-10-11-26-25(15-22)24(16-28(38)37(26)2)20-4-3-5-23(32)14-20/h3-18,40H,1-2H3,(H,34,35,39). The Balaban J connectivity index is 1.52. The van der Waals surface area contributed by atoms with Gasteiger partial charge >= 0.3 is 0 Å². The zero-order valence-electron chi connectivity index (χ0n) is 22.1. The van der Waals surface area contributed by atoms with E-state index in [9.17, 15) is 14.7 Å². The van der Waals surface area contributed by atoms with Crippen LogP contribution in [0.15, 0.2) is 102 Å². The molecular weight excluding hydrogens is 558 g/mol. The number of thiazole rings is 1. The second-order valence-electron chi connectivity index (χ2n) is 9.67. The molecule has 6 rings (SSSR count). The predicted molar refractivity (Wildman–Crippen MR) is 161 cm³/mol. The number of aliphatic hydroxyl groups is 1. The maximum Gasteiger partial charge on any atom is 0.257 e. The third kappa shape index (κ3) is 4.74. The van der Waals surface area contributed by atoms with Gasteiger partial charge in [-0.3, -0.25) is 14.9 Å². The Kier molecular flexibility index (Phi) is 6.78. The van der Waals surface area contributed by atoms with Crippen molar-refractivity contribution < 1.29 is 9.90 Å². The molecule has 204 valence electrons. The fourth-order valence-corrected chi connectivity index (χ4v) is 5.78. The number of benzene rings is 3. The van der Waals surface area contributed by atoms with E-state index < -0.39 is 5.60 Å². The quantitative estimate of drug-likeness (QED) is 0.267. The van der Waals surface area contributed by atoms with Crippen molar-refractivity contribution in [3.8, 4) is 11.1 Å². The summed E-state index contributed by atoms with van der Waals surface area (Å²) in [6.07, 6.45) is 4.86. The molecule has 0 fully saturated rings. The van der Waals surface area contributed by atoms with Crippen LogP contribution in [0.25, 0.3) is 22.0 Å². The molecule has 0 saturated carbocycles. The molecule has 0 spiro atoms. The SMILES string of the molecule is Cn1cncc1C(O)(c1ccc(C(=O)Nc2nccs2)cc1)c1ccc2c(c1)c(-c1cccc(Cl)c1)cc(=O)n2C. The van der Waals surface area contributed by atoms with Gasteiger partial charge in [0.1, 0.15) is 0 Å². The van der Waals surface area contributed by atoms with Crippen LogP contribution in [0.2, 0.25) is 5.02 Å². The summed E-state index contributed by atoms with van der Waals surface area (Å²) in [5.74, 6) is -0.298. The maximum atomic E-state index is 12.9. The molecule has 8 nitrogen and oxygen atoms in total. The lowest BCUT2D eigenvalue weighted by molar-refractivity contribution is 0.102.